The molecule has 0 aliphatic carbocycles. The number of amides is 2. The molecule has 1 atom stereocenters. The summed E-state index contributed by atoms with van der Waals surface area (Å²) in [6.45, 7) is 0.0665. The second kappa shape index (κ2) is 9.34. The Bertz CT molecular complexity index is 917. The summed E-state index contributed by atoms with van der Waals surface area (Å²) in [6.07, 6.45) is 0.773. The summed E-state index contributed by atoms with van der Waals surface area (Å²) in [5.41, 5.74) is 0.753. The zero-order chi connectivity index (χ0) is 20.1. The van der Waals surface area contributed by atoms with Crippen molar-refractivity contribution in [3.05, 3.63) is 63.0 Å². The summed E-state index contributed by atoms with van der Waals surface area (Å²) in [5.74, 6) is 0.647. The van der Waals surface area contributed by atoms with E-state index in [2.05, 4.69) is 5.32 Å². The molecule has 2 N–H and O–H groups in total. The Kier molecular flexibility index (Phi) is 6.85. The number of thioether (sulfide) groups is 1. The Balaban J connectivity index is 1.47. The maximum absolute atomic E-state index is 11.5. The van der Waals surface area contributed by atoms with Crippen molar-refractivity contribution < 1.29 is 24.2 Å². The third-order valence-corrected chi connectivity index (χ3v) is 5.15. The lowest BCUT2D eigenvalue weighted by Gasteiger charge is -2.14. The Morgan fingerprint density at radius 1 is 1.00 bits per heavy atom. The highest BCUT2D eigenvalue weighted by Crippen LogP contribution is 2.27. The standard InChI is InChI=1S/C19H15Cl2NO5S/c20-15-6-5-14(8-16(15)21)27-10-12(23)9-26-13-3-1-11(2-4-13)7-17-18(24)22-19(25)28-17/h1-8,12,23H,9-10H2,(H,22,24,25)/b17-7-/t12-/m0/s1. The minimum atomic E-state index is -0.846. The van der Waals surface area contributed by atoms with E-state index in [1.165, 1.54) is 0 Å². The van der Waals surface area contributed by atoms with Crippen molar-refractivity contribution in [1.82, 2.24) is 5.32 Å². The molecule has 0 unspecified atom stereocenters. The first kappa shape index (κ1) is 20.5. The van der Waals surface area contributed by atoms with Crippen LogP contribution in [-0.4, -0.2) is 35.6 Å². The minimum absolute atomic E-state index is 0.0303. The second-order valence-electron chi connectivity index (χ2n) is 5.77. The molecule has 0 spiro atoms. The van der Waals surface area contributed by atoms with E-state index >= 15 is 0 Å². The molecular formula is C19H15Cl2NO5S. The zero-order valence-electron chi connectivity index (χ0n) is 14.4. The van der Waals surface area contributed by atoms with Crippen molar-refractivity contribution in [2.24, 2.45) is 0 Å². The number of aliphatic hydroxyl groups excluding tert-OH is 1. The summed E-state index contributed by atoms with van der Waals surface area (Å²) in [5, 5.41) is 12.6. The smallest absolute Gasteiger partial charge is 0.290 e. The Morgan fingerprint density at radius 2 is 1.64 bits per heavy atom. The minimum Gasteiger partial charge on any atom is -0.491 e. The van der Waals surface area contributed by atoms with E-state index in [1.807, 2.05) is 0 Å². The number of rotatable bonds is 7. The summed E-state index contributed by atoms with van der Waals surface area (Å²) in [7, 11) is 0. The van der Waals surface area contributed by atoms with Crippen molar-refractivity contribution in [2.75, 3.05) is 13.2 Å². The molecule has 1 saturated heterocycles. The van der Waals surface area contributed by atoms with Crippen molar-refractivity contribution in [3.63, 3.8) is 0 Å². The highest BCUT2D eigenvalue weighted by molar-refractivity contribution is 8.18. The van der Waals surface area contributed by atoms with Crippen LogP contribution in [0.15, 0.2) is 47.4 Å². The number of hydrogen-bond acceptors (Lipinski definition) is 6. The predicted octanol–water partition coefficient (Wildman–Crippen LogP) is 4.14. The van der Waals surface area contributed by atoms with Gasteiger partial charge in [0.05, 0.1) is 15.0 Å². The van der Waals surface area contributed by atoms with Crippen LogP contribution in [0.3, 0.4) is 0 Å². The molecule has 28 heavy (non-hydrogen) atoms. The molecule has 146 valence electrons. The van der Waals surface area contributed by atoms with Gasteiger partial charge in [0, 0.05) is 6.07 Å². The zero-order valence-corrected chi connectivity index (χ0v) is 16.7. The first-order valence-corrected chi connectivity index (χ1v) is 9.71. The van der Waals surface area contributed by atoms with Gasteiger partial charge in [-0.2, -0.15) is 0 Å². The fourth-order valence-electron chi connectivity index (χ4n) is 2.23. The molecule has 1 aliphatic heterocycles. The molecule has 9 heteroatoms. The van der Waals surface area contributed by atoms with Crippen LogP contribution in [0.5, 0.6) is 11.5 Å². The summed E-state index contributed by atoms with van der Waals surface area (Å²) in [4.78, 5) is 23.0. The van der Waals surface area contributed by atoms with Gasteiger partial charge in [0.2, 0.25) is 0 Å². The number of aliphatic hydroxyl groups is 1. The van der Waals surface area contributed by atoms with Crippen molar-refractivity contribution in [1.29, 1.82) is 0 Å². The van der Waals surface area contributed by atoms with Crippen LogP contribution >= 0.6 is 35.0 Å². The fourth-order valence-corrected chi connectivity index (χ4v) is 3.20. The Hall–Kier alpha value is -2.19. The number of imide groups is 1. The highest BCUT2D eigenvalue weighted by atomic mass is 35.5. The first-order valence-electron chi connectivity index (χ1n) is 8.14. The van der Waals surface area contributed by atoms with E-state index in [0.29, 0.717) is 26.4 Å². The third kappa shape index (κ3) is 5.65. The lowest BCUT2D eigenvalue weighted by atomic mass is 10.2. The normalized spacial score (nSPS) is 16.2. The van der Waals surface area contributed by atoms with Gasteiger partial charge in [-0.3, -0.25) is 14.9 Å². The molecule has 2 amide bonds. The summed E-state index contributed by atoms with van der Waals surface area (Å²) >= 11 is 12.6. The van der Waals surface area contributed by atoms with Gasteiger partial charge in [-0.15, -0.1) is 0 Å². The molecule has 0 aromatic heterocycles. The van der Waals surface area contributed by atoms with Gasteiger partial charge >= 0.3 is 0 Å². The van der Waals surface area contributed by atoms with E-state index in [9.17, 15) is 14.7 Å². The Morgan fingerprint density at radius 3 is 2.25 bits per heavy atom. The number of halogens is 2. The maximum Gasteiger partial charge on any atom is 0.290 e. The maximum atomic E-state index is 11.5. The van der Waals surface area contributed by atoms with Gasteiger partial charge in [-0.25, -0.2) is 0 Å². The lowest BCUT2D eigenvalue weighted by Crippen LogP contribution is -2.25. The van der Waals surface area contributed by atoms with Gasteiger partial charge in [-0.1, -0.05) is 35.3 Å². The molecule has 1 aliphatic rings. The number of hydrogen-bond donors (Lipinski definition) is 2. The quantitative estimate of drug-likeness (QED) is 0.630. The average molecular weight is 440 g/mol. The van der Waals surface area contributed by atoms with Crippen LogP contribution in [0.1, 0.15) is 5.56 Å². The van der Waals surface area contributed by atoms with Gasteiger partial charge in [0.15, 0.2) is 0 Å². The van der Waals surface area contributed by atoms with E-state index < -0.39 is 12.0 Å². The molecular weight excluding hydrogens is 425 g/mol. The average Bonchev–Trinajstić information content (AvgIpc) is 2.99. The van der Waals surface area contributed by atoms with Crippen molar-refractivity contribution in [2.45, 2.75) is 6.10 Å². The van der Waals surface area contributed by atoms with Gasteiger partial charge < -0.3 is 14.6 Å². The predicted molar refractivity (Wildman–Crippen MR) is 109 cm³/mol. The van der Waals surface area contributed by atoms with Crippen LogP contribution in [0.4, 0.5) is 4.79 Å². The van der Waals surface area contributed by atoms with Crippen LogP contribution in [0.25, 0.3) is 6.08 Å². The molecule has 0 bridgehead atoms. The summed E-state index contributed by atoms with van der Waals surface area (Å²) in [6, 6.07) is 11.8. The van der Waals surface area contributed by atoms with Crippen molar-refractivity contribution >= 4 is 52.2 Å². The van der Waals surface area contributed by atoms with Crippen LogP contribution < -0.4 is 14.8 Å². The fraction of sp³-hybridized carbons (Fsp3) is 0.158. The molecule has 3 rings (SSSR count). The lowest BCUT2D eigenvalue weighted by molar-refractivity contribution is -0.115. The van der Waals surface area contributed by atoms with Gasteiger partial charge in [0.1, 0.15) is 30.8 Å². The van der Waals surface area contributed by atoms with Gasteiger partial charge in [-0.05, 0) is 47.7 Å². The summed E-state index contributed by atoms with van der Waals surface area (Å²) < 4.78 is 11.0. The SMILES string of the molecule is O=C1NC(=O)/C(=C/c2ccc(OC[C@H](O)COc3ccc(Cl)c(Cl)c3)cc2)S1. The topological polar surface area (TPSA) is 84.9 Å². The van der Waals surface area contributed by atoms with Crippen LogP contribution in [0.2, 0.25) is 10.0 Å². The molecule has 0 saturated carbocycles. The van der Waals surface area contributed by atoms with Crippen LogP contribution in [-0.2, 0) is 4.79 Å². The largest absolute Gasteiger partial charge is 0.491 e. The molecule has 0 radical (unpaired) electrons. The molecule has 6 nitrogen and oxygen atoms in total. The second-order valence-corrected chi connectivity index (χ2v) is 7.60. The van der Waals surface area contributed by atoms with E-state index in [0.717, 1.165) is 17.3 Å². The number of carbonyl (C=O) groups is 2. The first-order chi connectivity index (χ1) is 13.4. The number of benzene rings is 2. The van der Waals surface area contributed by atoms with E-state index in [-0.39, 0.29) is 18.5 Å². The third-order valence-electron chi connectivity index (χ3n) is 3.60. The van der Waals surface area contributed by atoms with Gasteiger partial charge in [0.25, 0.3) is 11.1 Å². The Labute approximate surface area is 175 Å². The van der Waals surface area contributed by atoms with Crippen molar-refractivity contribution in [3.8, 4) is 11.5 Å². The molecule has 1 fully saturated rings. The van der Waals surface area contributed by atoms with Crippen LogP contribution in [0, 0.1) is 0 Å². The van der Waals surface area contributed by atoms with E-state index in [1.54, 1.807) is 48.5 Å². The molecule has 1 heterocycles. The molecule has 2 aromatic carbocycles. The monoisotopic (exact) mass is 439 g/mol. The number of carbonyl (C=O) groups excluding carboxylic acids is 2. The number of ether oxygens (including phenoxy) is 2. The van der Waals surface area contributed by atoms with E-state index in [4.69, 9.17) is 32.7 Å². The highest BCUT2D eigenvalue weighted by Gasteiger charge is 2.24. The molecule has 2 aromatic rings. The number of nitrogens with one attached hydrogen (secondary N) is 1.